The molecule has 1 atom stereocenters. The van der Waals surface area contributed by atoms with Crippen LogP contribution in [-0.2, 0) is 4.57 Å². The Kier molecular flexibility index (Phi) is 0.152. The van der Waals surface area contributed by atoms with Crippen LogP contribution in [0.25, 0.3) is 0 Å². The summed E-state index contributed by atoms with van der Waals surface area (Å²) in [6, 6.07) is 0. The van der Waals surface area contributed by atoms with Crippen LogP contribution in [0.4, 0.5) is 0 Å². The molecule has 4 heteroatoms. The van der Waals surface area contributed by atoms with Crippen LogP contribution in [0.3, 0.4) is 0 Å². The molecule has 1 aromatic heterocycles. The van der Waals surface area contributed by atoms with Crippen molar-refractivity contribution in [3.8, 4) is 0 Å². The van der Waals surface area contributed by atoms with E-state index in [0.717, 1.165) is 10.7 Å². The van der Waals surface area contributed by atoms with E-state index in [2.05, 4.69) is 9.68 Å². The minimum absolute atomic E-state index is 0.683. The van der Waals surface area contributed by atoms with Gasteiger partial charge >= 0.3 is 0 Å². The van der Waals surface area contributed by atoms with Crippen molar-refractivity contribution < 1.29 is 9.09 Å². The first kappa shape index (κ1) is 2.68. The topological polar surface area (TPSA) is 43.1 Å². The highest BCUT2D eigenvalue weighted by Crippen LogP contribution is 2.65. The molecule has 7 heavy (non-hydrogen) atoms. The maximum atomic E-state index is 10.8. The molecule has 0 fully saturated rings. The third-order valence-electron chi connectivity index (χ3n) is 1.43. The molecule has 3 aliphatic rings. The second kappa shape index (κ2) is 0.397. The Morgan fingerprint density at radius 1 is 1.71 bits per heavy atom. The second-order valence-electron chi connectivity index (χ2n) is 1.77. The Morgan fingerprint density at radius 3 is 2.57 bits per heavy atom. The van der Waals surface area contributed by atoms with Crippen LogP contribution in [0.2, 0.25) is 0 Å². The maximum Gasteiger partial charge on any atom is 0.236 e. The van der Waals surface area contributed by atoms with Crippen molar-refractivity contribution in [2.75, 3.05) is 0 Å². The molecule has 0 aliphatic carbocycles. The van der Waals surface area contributed by atoms with Crippen molar-refractivity contribution >= 4 is 23.4 Å². The van der Waals surface area contributed by atoms with E-state index in [-0.39, 0.29) is 0 Å². The van der Waals surface area contributed by atoms with Crippen LogP contribution in [-0.4, -0.2) is 5.16 Å². The highest BCUT2D eigenvalue weighted by Gasteiger charge is 2.75. The fourth-order valence-corrected chi connectivity index (χ4v) is 2.89. The SMILES string of the molecule is O=P12c3noc1c32. The molecular formula is C3NO2P. The average molecular weight is 113 g/mol. The number of hydrogen-bond acceptors (Lipinski definition) is 3. The van der Waals surface area contributed by atoms with Gasteiger partial charge in [0.15, 0.2) is 5.44 Å². The molecule has 0 aromatic carbocycles. The average Bonchev–Trinajstić information content (AvgIpc) is 2.38. The number of hydrogen-bond donors (Lipinski definition) is 0. The summed E-state index contributed by atoms with van der Waals surface area (Å²) in [5.74, 6) is 0. The van der Waals surface area contributed by atoms with E-state index in [4.69, 9.17) is 0 Å². The van der Waals surface area contributed by atoms with E-state index in [0.29, 0.717) is 5.50 Å². The molecule has 3 nitrogen and oxygen atoms in total. The van der Waals surface area contributed by atoms with Crippen molar-refractivity contribution in [2.24, 2.45) is 0 Å². The molecule has 0 N–H and O–H groups in total. The van der Waals surface area contributed by atoms with Gasteiger partial charge in [0.1, 0.15) is 5.30 Å². The summed E-state index contributed by atoms with van der Waals surface area (Å²) in [4.78, 5) is 0. The van der Waals surface area contributed by atoms with Gasteiger partial charge in [-0.25, -0.2) is 0 Å². The summed E-state index contributed by atoms with van der Waals surface area (Å²) >= 11 is 0. The monoisotopic (exact) mass is 113 g/mol. The quantitative estimate of drug-likeness (QED) is 0.349. The Bertz CT molecular complexity index is 273. The minimum Gasteiger partial charge on any atom is -0.351 e. The van der Waals surface area contributed by atoms with Gasteiger partial charge in [0.25, 0.3) is 0 Å². The Labute approximate surface area is 38.7 Å². The van der Waals surface area contributed by atoms with Gasteiger partial charge in [-0.15, -0.1) is 0 Å². The summed E-state index contributed by atoms with van der Waals surface area (Å²) < 4.78 is 15.4. The van der Waals surface area contributed by atoms with E-state index >= 15 is 0 Å². The Morgan fingerprint density at radius 2 is 2.43 bits per heavy atom. The van der Waals surface area contributed by atoms with E-state index < -0.39 is 7.14 Å². The molecule has 2 bridgehead atoms. The van der Waals surface area contributed by atoms with Crippen molar-refractivity contribution in [1.29, 1.82) is 0 Å². The lowest BCUT2D eigenvalue weighted by atomic mass is 10.8. The van der Waals surface area contributed by atoms with Gasteiger partial charge in [-0.3, -0.25) is 0 Å². The summed E-state index contributed by atoms with van der Waals surface area (Å²) in [5, 5.41) is 4.44. The summed E-state index contributed by atoms with van der Waals surface area (Å²) in [5.41, 5.74) is 1.44. The van der Waals surface area contributed by atoms with Crippen molar-refractivity contribution in [2.45, 2.75) is 0 Å². The first-order chi connectivity index (χ1) is 3.35. The van der Waals surface area contributed by atoms with Crippen molar-refractivity contribution in [3.63, 3.8) is 0 Å². The summed E-state index contributed by atoms with van der Waals surface area (Å²) in [6.45, 7) is 0. The van der Waals surface area contributed by atoms with Gasteiger partial charge in [0.05, 0.1) is 0 Å². The molecule has 34 valence electrons. The van der Waals surface area contributed by atoms with Gasteiger partial charge < -0.3 is 9.09 Å². The fraction of sp³-hybridized carbons (Fsp3) is 0. The van der Waals surface area contributed by atoms with E-state index in [1.165, 1.54) is 0 Å². The minimum atomic E-state index is -1.93. The van der Waals surface area contributed by atoms with Crippen molar-refractivity contribution in [3.05, 3.63) is 0 Å². The van der Waals surface area contributed by atoms with E-state index in [9.17, 15) is 4.57 Å². The van der Waals surface area contributed by atoms with Gasteiger partial charge in [-0.2, -0.15) is 0 Å². The summed E-state index contributed by atoms with van der Waals surface area (Å²) in [6.07, 6.45) is 0. The zero-order valence-electron chi connectivity index (χ0n) is 3.21. The predicted octanol–water partition coefficient (Wildman–Crippen LogP) is -1.06. The van der Waals surface area contributed by atoms with Crippen LogP contribution >= 0.6 is 7.14 Å². The van der Waals surface area contributed by atoms with Gasteiger partial charge in [-0.1, -0.05) is 5.16 Å². The molecule has 0 saturated heterocycles. The molecule has 1 aromatic rings. The molecule has 0 radical (unpaired) electrons. The number of aromatic nitrogens is 1. The second-order valence-corrected chi connectivity index (χ2v) is 4.26. The van der Waals surface area contributed by atoms with Crippen LogP contribution in [0.5, 0.6) is 0 Å². The van der Waals surface area contributed by atoms with Crippen LogP contribution in [0, 0.1) is 0 Å². The zero-order valence-corrected chi connectivity index (χ0v) is 4.11. The van der Waals surface area contributed by atoms with Crippen LogP contribution in [0.1, 0.15) is 0 Å². The van der Waals surface area contributed by atoms with Crippen LogP contribution in [0.15, 0.2) is 4.52 Å². The predicted molar refractivity (Wildman–Crippen MR) is 23.0 cm³/mol. The molecule has 0 saturated carbocycles. The maximum absolute atomic E-state index is 10.8. The smallest absolute Gasteiger partial charge is 0.236 e. The molecule has 4 heterocycles. The van der Waals surface area contributed by atoms with Gasteiger partial charge in [-0.05, 0) is 0 Å². The van der Waals surface area contributed by atoms with E-state index in [1.54, 1.807) is 0 Å². The Balaban J connectivity index is 2.90. The molecule has 3 aliphatic heterocycles. The number of fused-ring (bicyclic) bond motifs is 1. The fourth-order valence-electron chi connectivity index (χ4n) is 0.858. The van der Waals surface area contributed by atoms with Crippen molar-refractivity contribution in [1.82, 2.24) is 5.16 Å². The standard InChI is InChI=1S/C3NO2P/c5-7-1-2(7)4-6-3(1)7. The molecular weight excluding hydrogens is 113 g/mol. The first-order valence-corrected chi connectivity index (χ1v) is 3.67. The number of nitrogens with zero attached hydrogens (tertiary/aromatic N) is 1. The number of rotatable bonds is 0. The highest BCUT2D eigenvalue weighted by atomic mass is 31.2. The lowest BCUT2D eigenvalue weighted by molar-refractivity contribution is 0.461. The van der Waals surface area contributed by atoms with Crippen LogP contribution < -0.4 is 16.2 Å². The van der Waals surface area contributed by atoms with E-state index in [1.807, 2.05) is 0 Å². The molecule has 0 amide bonds. The first-order valence-electron chi connectivity index (χ1n) is 1.96. The third kappa shape index (κ3) is 0.0921. The van der Waals surface area contributed by atoms with Gasteiger partial charge in [0.2, 0.25) is 12.6 Å². The largest absolute Gasteiger partial charge is 0.351 e. The normalized spacial score (nSPS) is 37.7. The molecule has 1 unspecified atom stereocenters. The molecule has 0 spiro atoms. The highest BCUT2D eigenvalue weighted by molar-refractivity contribution is 8.05. The zero-order chi connectivity index (χ0) is 4.65. The summed E-state index contributed by atoms with van der Waals surface area (Å²) in [7, 11) is -1.93. The molecule has 4 rings (SSSR count). The third-order valence-corrected chi connectivity index (χ3v) is 3.81. The lowest BCUT2D eigenvalue weighted by Crippen LogP contribution is -1.95. The lowest BCUT2D eigenvalue weighted by Gasteiger charge is -1.57. The Hall–Kier alpha value is -0.560. The van der Waals surface area contributed by atoms with Gasteiger partial charge in [0, 0.05) is 0 Å².